The number of rotatable bonds is 5. The minimum Gasteiger partial charge on any atom is -0.496 e. The third-order valence-corrected chi connectivity index (χ3v) is 3.31. The summed E-state index contributed by atoms with van der Waals surface area (Å²) in [4.78, 5) is 10.7. The van der Waals surface area contributed by atoms with E-state index < -0.39 is 28.8 Å². The number of hydrogen-bond acceptors (Lipinski definition) is 3. The molecule has 0 radical (unpaired) electrons. The monoisotopic (exact) mass is 364 g/mol. The Morgan fingerprint density at radius 1 is 1.17 bits per heavy atom. The van der Waals surface area contributed by atoms with Gasteiger partial charge in [0.15, 0.2) is 0 Å². The smallest absolute Gasteiger partial charge is 0.430 e. The molecule has 10 heteroatoms. The number of carbonyl (C=O) groups is 1. The summed E-state index contributed by atoms with van der Waals surface area (Å²) >= 11 is 5.13. The van der Waals surface area contributed by atoms with Gasteiger partial charge in [0.1, 0.15) is 5.75 Å². The fourth-order valence-electron chi connectivity index (χ4n) is 1.90. The van der Waals surface area contributed by atoms with Gasteiger partial charge in [-0.25, -0.2) is 0 Å². The molecule has 0 saturated heterocycles. The van der Waals surface area contributed by atoms with E-state index in [1.54, 1.807) is 0 Å². The Hall–Kier alpha value is -1.48. The highest BCUT2D eigenvalue weighted by molar-refractivity contribution is 6.63. The second-order valence-corrected chi connectivity index (χ2v) is 5.01. The highest BCUT2D eigenvalue weighted by Gasteiger charge is 2.71. The Labute approximate surface area is 131 Å². The van der Waals surface area contributed by atoms with Crippen LogP contribution in [0, 0.1) is 0 Å². The number of hydrogen-bond donors (Lipinski definition) is 1. The largest absolute Gasteiger partial charge is 0.496 e. The second-order valence-electron chi connectivity index (χ2n) is 4.59. The number of methoxy groups -OCH3 is 1. The first kappa shape index (κ1) is 19.6. The number of benzene rings is 1. The van der Waals surface area contributed by atoms with Crippen LogP contribution in [0.5, 0.6) is 5.75 Å². The normalized spacial score (nSPS) is 13.1. The van der Waals surface area contributed by atoms with Gasteiger partial charge in [0, 0.05) is 12.0 Å². The molecule has 3 nitrogen and oxygen atoms in total. The minimum atomic E-state index is -5.98. The van der Waals surface area contributed by atoms with Crippen molar-refractivity contribution in [1.29, 1.82) is 0 Å². The van der Waals surface area contributed by atoms with Crippen LogP contribution in [0.1, 0.15) is 17.5 Å². The highest BCUT2D eigenvalue weighted by Crippen LogP contribution is 2.50. The summed E-state index contributed by atoms with van der Waals surface area (Å²) in [6, 6.07) is 1.84. The molecule has 0 atom stereocenters. The molecule has 0 aliphatic rings. The van der Waals surface area contributed by atoms with Gasteiger partial charge in [-0.05, 0) is 29.7 Å². The molecule has 1 aromatic rings. The van der Waals surface area contributed by atoms with Crippen molar-refractivity contribution in [3.8, 4) is 5.75 Å². The summed E-state index contributed by atoms with van der Waals surface area (Å²) in [5.74, 6) is -0.327. The van der Waals surface area contributed by atoms with Crippen molar-refractivity contribution in [2.24, 2.45) is 0 Å². The average Bonchev–Trinajstić information content (AvgIpc) is 2.41. The van der Waals surface area contributed by atoms with Crippen molar-refractivity contribution in [3.63, 3.8) is 0 Å². The third kappa shape index (κ3) is 3.89. The lowest BCUT2D eigenvalue weighted by Crippen LogP contribution is -2.53. The van der Waals surface area contributed by atoms with Gasteiger partial charge in [0.2, 0.25) is 5.24 Å². The molecule has 0 bridgehead atoms. The molecule has 0 aliphatic carbocycles. The molecule has 0 heterocycles. The van der Waals surface area contributed by atoms with Crippen molar-refractivity contribution >= 4 is 16.8 Å². The lowest BCUT2D eigenvalue weighted by atomic mass is 9.90. The molecule has 0 aromatic heterocycles. The Kier molecular flexibility index (Phi) is 5.58. The van der Waals surface area contributed by atoms with Crippen LogP contribution in [0.15, 0.2) is 18.2 Å². The van der Waals surface area contributed by atoms with E-state index >= 15 is 0 Å². The van der Waals surface area contributed by atoms with Crippen LogP contribution in [-0.2, 0) is 16.8 Å². The first-order valence-corrected chi connectivity index (χ1v) is 6.44. The van der Waals surface area contributed by atoms with Crippen molar-refractivity contribution in [3.05, 3.63) is 29.3 Å². The van der Waals surface area contributed by atoms with Gasteiger partial charge in [-0.1, -0.05) is 12.1 Å². The van der Waals surface area contributed by atoms with Crippen LogP contribution in [0.4, 0.5) is 26.3 Å². The van der Waals surface area contributed by atoms with Crippen LogP contribution in [0.25, 0.3) is 0 Å². The van der Waals surface area contributed by atoms with Gasteiger partial charge in [0.25, 0.3) is 5.60 Å². The molecule has 0 aliphatic heterocycles. The molecule has 1 aromatic carbocycles. The fourth-order valence-corrected chi connectivity index (χ4v) is 1.99. The predicted molar refractivity (Wildman–Crippen MR) is 68.2 cm³/mol. The van der Waals surface area contributed by atoms with Crippen LogP contribution in [0.3, 0.4) is 0 Å². The Balaban J connectivity index is 3.39. The van der Waals surface area contributed by atoms with Crippen molar-refractivity contribution in [2.45, 2.75) is 30.8 Å². The van der Waals surface area contributed by atoms with E-state index in [9.17, 15) is 36.2 Å². The van der Waals surface area contributed by atoms with Crippen LogP contribution in [0.2, 0.25) is 0 Å². The van der Waals surface area contributed by atoms with Crippen LogP contribution in [-0.4, -0.2) is 29.8 Å². The maximum Gasteiger partial charge on any atom is 0.430 e. The molecular formula is C13H11ClF6O3. The molecule has 0 amide bonds. The summed E-state index contributed by atoms with van der Waals surface area (Å²) in [7, 11) is 1.03. The van der Waals surface area contributed by atoms with E-state index in [1.165, 1.54) is 0 Å². The van der Waals surface area contributed by atoms with Crippen LogP contribution >= 0.6 is 11.6 Å². The van der Waals surface area contributed by atoms with Crippen molar-refractivity contribution in [1.82, 2.24) is 0 Å². The fraction of sp³-hybridized carbons (Fsp3) is 0.462. The summed E-state index contributed by atoms with van der Waals surface area (Å²) < 4.78 is 81.6. The van der Waals surface area contributed by atoms with Gasteiger partial charge >= 0.3 is 12.4 Å². The van der Waals surface area contributed by atoms with E-state index in [-0.39, 0.29) is 24.2 Å². The lowest BCUT2D eigenvalue weighted by Gasteiger charge is -2.33. The summed E-state index contributed by atoms with van der Waals surface area (Å²) in [5, 5.41) is 8.58. The molecule has 23 heavy (non-hydrogen) atoms. The topological polar surface area (TPSA) is 46.5 Å². The zero-order valence-corrected chi connectivity index (χ0v) is 12.3. The molecule has 0 spiro atoms. The first-order chi connectivity index (χ1) is 10.3. The number of ether oxygens (including phenoxy) is 1. The zero-order valence-electron chi connectivity index (χ0n) is 11.6. The highest BCUT2D eigenvalue weighted by atomic mass is 35.5. The molecule has 0 fully saturated rings. The van der Waals surface area contributed by atoms with E-state index in [1.807, 2.05) is 0 Å². The minimum absolute atomic E-state index is 0.0394. The Bertz CT molecular complexity index is 568. The Morgan fingerprint density at radius 3 is 2.09 bits per heavy atom. The SMILES string of the molecule is COc1cc(C(O)(C(F)(F)F)C(F)(F)F)ccc1CCC(=O)Cl. The number of alkyl halides is 6. The molecule has 1 N–H and O–H groups in total. The zero-order chi connectivity index (χ0) is 18.1. The summed E-state index contributed by atoms with van der Waals surface area (Å²) in [5.41, 5.74) is -6.29. The summed E-state index contributed by atoms with van der Waals surface area (Å²) in [6.45, 7) is 0. The quantitative estimate of drug-likeness (QED) is 0.640. The van der Waals surface area contributed by atoms with Gasteiger partial charge in [-0.2, -0.15) is 26.3 Å². The van der Waals surface area contributed by atoms with E-state index in [2.05, 4.69) is 0 Å². The molecular weight excluding hydrogens is 354 g/mol. The molecule has 0 unspecified atom stereocenters. The first-order valence-electron chi connectivity index (χ1n) is 6.06. The van der Waals surface area contributed by atoms with Crippen molar-refractivity contribution in [2.75, 3.05) is 7.11 Å². The van der Waals surface area contributed by atoms with Gasteiger partial charge in [-0.15, -0.1) is 0 Å². The second kappa shape index (κ2) is 6.56. The number of aryl methyl sites for hydroxylation is 1. The molecule has 0 saturated carbocycles. The summed E-state index contributed by atoms with van der Waals surface area (Å²) in [6.07, 6.45) is -12.2. The average molecular weight is 365 g/mol. The third-order valence-electron chi connectivity index (χ3n) is 3.12. The number of aliphatic hydroxyl groups is 1. The van der Waals surface area contributed by atoms with E-state index in [0.717, 1.165) is 13.2 Å². The Morgan fingerprint density at radius 2 is 1.70 bits per heavy atom. The lowest BCUT2D eigenvalue weighted by molar-refractivity contribution is -0.376. The number of carbonyl (C=O) groups excluding carboxylic acids is 1. The van der Waals surface area contributed by atoms with Gasteiger partial charge < -0.3 is 9.84 Å². The molecule has 130 valence electrons. The number of halogens is 7. The standard InChI is InChI=1S/C13H11ClF6O3/c1-23-9-6-8(4-2-7(9)3-5-10(14)21)11(22,12(15,16)17)13(18,19)20/h2,4,6,22H,3,5H2,1H3. The van der Waals surface area contributed by atoms with Crippen molar-refractivity contribution < 1.29 is 41.0 Å². The predicted octanol–water partition coefficient (Wildman–Crippen LogP) is 3.71. The van der Waals surface area contributed by atoms with Gasteiger partial charge in [0.05, 0.1) is 7.11 Å². The van der Waals surface area contributed by atoms with E-state index in [0.29, 0.717) is 12.1 Å². The van der Waals surface area contributed by atoms with E-state index in [4.69, 9.17) is 16.3 Å². The molecule has 1 rings (SSSR count). The maximum absolute atomic E-state index is 12.8. The maximum atomic E-state index is 12.8. The van der Waals surface area contributed by atoms with Crippen LogP contribution < -0.4 is 4.74 Å². The van der Waals surface area contributed by atoms with Gasteiger partial charge in [-0.3, -0.25) is 4.79 Å².